The first-order valence-corrected chi connectivity index (χ1v) is 9.11. The van der Waals surface area contributed by atoms with Crippen LogP contribution in [0.25, 0.3) is 0 Å². The van der Waals surface area contributed by atoms with Crippen LogP contribution in [0.15, 0.2) is 47.4 Å². The molecule has 2 aromatic carbocycles. The Morgan fingerprint density at radius 1 is 1.08 bits per heavy atom. The molecule has 3 rings (SSSR count). The lowest BCUT2D eigenvalue weighted by atomic mass is 10.2. The second kappa shape index (κ2) is 8.31. The van der Waals surface area contributed by atoms with Crippen molar-refractivity contribution in [3.63, 3.8) is 0 Å². The number of halogens is 1. The normalized spacial score (nSPS) is 13.2. The molecule has 0 spiro atoms. The number of benzene rings is 2. The molecule has 6 heteroatoms. The van der Waals surface area contributed by atoms with Crippen LogP contribution in [-0.2, 0) is 11.3 Å². The van der Waals surface area contributed by atoms with Crippen molar-refractivity contribution < 1.29 is 14.3 Å². The molecule has 1 N–H and O–H groups in total. The van der Waals surface area contributed by atoms with Crippen molar-refractivity contribution in [1.82, 2.24) is 5.32 Å². The van der Waals surface area contributed by atoms with Crippen LogP contribution >= 0.6 is 23.4 Å². The lowest BCUT2D eigenvalue weighted by Crippen LogP contribution is -2.24. The van der Waals surface area contributed by atoms with Gasteiger partial charge >= 0.3 is 0 Å². The van der Waals surface area contributed by atoms with Gasteiger partial charge in [-0.15, -0.1) is 11.8 Å². The van der Waals surface area contributed by atoms with Crippen molar-refractivity contribution in [2.45, 2.75) is 17.9 Å². The Bertz CT molecular complexity index is 706. The fourth-order valence-electron chi connectivity index (χ4n) is 2.24. The van der Waals surface area contributed by atoms with E-state index in [0.29, 0.717) is 30.5 Å². The molecule has 0 bridgehead atoms. The third-order valence-corrected chi connectivity index (χ3v) is 4.74. The van der Waals surface area contributed by atoms with Crippen LogP contribution < -0.4 is 14.8 Å². The highest BCUT2D eigenvalue weighted by molar-refractivity contribution is 8.00. The third-order valence-electron chi connectivity index (χ3n) is 3.49. The summed E-state index contributed by atoms with van der Waals surface area (Å²) < 4.78 is 11.3. The van der Waals surface area contributed by atoms with E-state index in [9.17, 15) is 4.79 Å². The van der Waals surface area contributed by atoms with Crippen LogP contribution in [0.4, 0.5) is 0 Å². The van der Waals surface area contributed by atoms with Crippen molar-refractivity contribution in [2.75, 3.05) is 19.0 Å². The van der Waals surface area contributed by atoms with Crippen molar-refractivity contribution >= 4 is 29.3 Å². The van der Waals surface area contributed by atoms with Crippen LogP contribution in [0.1, 0.15) is 12.0 Å². The van der Waals surface area contributed by atoms with Gasteiger partial charge in [0.1, 0.15) is 0 Å². The van der Waals surface area contributed by atoms with Crippen LogP contribution in [0, 0.1) is 0 Å². The number of thioether (sulfide) groups is 1. The highest BCUT2D eigenvalue weighted by Crippen LogP contribution is 2.33. The Morgan fingerprint density at radius 3 is 2.62 bits per heavy atom. The molecule has 0 fully saturated rings. The number of carbonyl (C=O) groups is 1. The molecule has 0 saturated carbocycles. The standard InChI is InChI=1S/C18H18ClNO3S/c19-14-4-2-13(3-5-14)11-20-18(21)12-24-15-6-7-16-17(10-15)23-9-1-8-22-16/h2-7,10H,1,8-9,11-12H2,(H,20,21). The summed E-state index contributed by atoms with van der Waals surface area (Å²) in [7, 11) is 0. The minimum Gasteiger partial charge on any atom is -0.490 e. The molecule has 4 nitrogen and oxygen atoms in total. The molecule has 2 aromatic rings. The first-order chi connectivity index (χ1) is 11.7. The topological polar surface area (TPSA) is 47.6 Å². The number of amides is 1. The molecular formula is C18H18ClNO3S. The van der Waals surface area contributed by atoms with Gasteiger partial charge in [-0.3, -0.25) is 4.79 Å². The van der Waals surface area contributed by atoms with Crippen LogP contribution in [0.2, 0.25) is 5.02 Å². The lowest BCUT2D eigenvalue weighted by Gasteiger charge is -2.09. The molecule has 1 heterocycles. The molecule has 0 aromatic heterocycles. The van der Waals surface area contributed by atoms with Gasteiger partial charge in [-0.1, -0.05) is 23.7 Å². The van der Waals surface area contributed by atoms with E-state index in [4.69, 9.17) is 21.1 Å². The first kappa shape index (κ1) is 17.0. The third kappa shape index (κ3) is 4.82. The van der Waals surface area contributed by atoms with E-state index in [1.807, 2.05) is 42.5 Å². The summed E-state index contributed by atoms with van der Waals surface area (Å²) in [4.78, 5) is 13.0. The average molecular weight is 364 g/mol. The average Bonchev–Trinajstić information content (AvgIpc) is 2.84. The Balaban J connectivity index is 1.49. The summed E-state index contributed by atoms with van der Waals surface area (Å²) >= 11 is 7.32. The maximum Gasteiger partial charge on any atom is 0.230 e. The predicted octanol–water partition coefficient (Wildman–Crippen LogP) is 3.91. The number of nitrogens with one attached hydrogen (secondary N) is 1. The van der Waals surface area contributed by atoms with Gasteiger partial charge in [-0.05, 0) is 35.9 Å². The van der Waals surface area contributed by atoms with Gasteiger partial charge in [0.2, 0.25) is 5.91 Å². The van der Waals surface area contributed by atoms with Gasteiger partial charge < -0.3 is 14.8 Å². The lowest BCUT2D eigenvalue weighted by molar-refractivity contribution is -0.118. The summed E-state index contributed by atoms with van der Waals surface area (Å²) in [6, 6.07) is 13.2. The SMILES string of the molecule is O=C(CSc1ccc2c(c1)OCCCO2)NCc1ccc(Cl)cc1. The summed E-state index contributed by atoms with van der Waals surface area (Å²) in [6.07, 6.45) is 0.879. The molecule has 0 unspecified atom stereocenters. The number of ether oxygens (including phenoxy) is 2. The Labute approximate surface area is 150 Å². The largest absolute Gasteiger partial charge is 0.490 e. The number of hydrogen-bond donors (Lipinski definition) is 1. The zero-order valence-electron chi connectivity index (χ0n) is 13.1. The van der Waals surface area contributed by atoms with Crippen molar-refractivity contribution in [2.24, 2.45) is 0 Å². The minimum absolute atomic E-state index is 0.0120. The van der Waals surface area contributed by atoms with Gasteiger partial charge in [0.15, 0.2) is 11.5 Å². The predicted molar refractivity (Wildman–Crippen MR) is 96.1 cm³/mol. The smallest absolute Gasteiger partial charge is 0.230 e. The second-order valence-corrected chi connectivity index (χ2v) is 6.84. The van der Waals surface area contributed by atoms with E-state index in [2.05, 4.69) is 5.32 Å². The monoisotopic (exact) mass is 363 g/mol. The molecule has 0 saturated heterocycles. The van der Waals surface area contributed by atoms with Crippen LogP contribution in [-0.4, -0.2) is 24.9 Å². The van der Waals surface area contributed by atoms with Gasteiger partial charge in [0.25, 0.3) is 0 Å². The molecule has 24 heavy (non-hydrogen) atoms. The summed E-state index contributed by atoms with van der Waals surface area (Å²) in [6.45, 7) is 1.83. The molecule has 1 aliphatic rings. The number of fused-ring (bicyclic) bond motifs is 1. The molecule has 126 valence electrons. The van der Waals surface area contributed by atoms with E-state index >= 15 is 0 Å². The van der Waals surface area contributed by atoms with Gasteiger partial charge in [-0.25, -0.2) is 0 Å². The summed E-state index contributed by atoms with van der Waals surface area (Å²) in [5.41, 5.74) is 1.02. The molecule has 0 atom stereocenters. The maximum atomic E-state index is 12.0. The van der Waals surface area contributed by atoms with Crippen LogP contribution in [0.5, 0.6) is 11.5 Å². The van der Waals surface area contributed by atoms with Gasteiger partial charge in [-0.2, -0.15) is 0 Å². The highest BCUT2D eigenvalue weighted by atomic mass is 35.5. The van der Waals surface area contributed by atoms with Crippen LogP contribution in [0.3, 0.4) is 0 Å². The Hall–Kier alpha value is -1.85. The van der Waals surface area contributed by atoms with E-state index in [0.717, 1.165) is 28.4 Å². The van der Waals surface area contributed by atoms with Gasteiger partial charge in [0, 0.05) is 22.9 Å². The van der Waals surface area contributed by atoms with E-state index in [1.165, 1.54) is 11.8 Å². The zero-order valence-corrected chi connectivity index (χ0v) is 14.7. The molecular weight excluding hydrogens is 346 g/mol. The summed E-state index contributed by atoms with van der Waals surface area (Å²) in [5.74, 6) is 1.86. The summed E-state index contributed by atoms with van der Waals surface area (Å²) in [5, 5.41) is 3.59. The zero-order chi connectivity index (χ0) is 16.8. The Morgan fingerprint density at radius 2 is 1.83 bits per heavy atom. The maximum absolute atomic E-state index is 12.0. The second-order valence-electron chi connectivity index (χ2n) is 5.35. The molecule has 1 amide bonds. The molecule has 0 aliphatic carbocycles. The Kier molecular flexibility index (Phi) is 5.88. The number of rotatable bonds is 5. The minimum atomic E-state index is -0.0120. The van der Waals surface area contributed by atoms with Gasteiger partial charge in [0.05, 0.1) is 19.0 Å². The highest BCUT2D eigenvalue weighted by Gasteiger charge is 2.11. The van der Waals surface area contributed by atoms with E-state index < -0.39 is 0 Å². The van der Waals surface area contributed by atoms with E-state index in [1.54, 1.807) is 0 Å². The number of hydrogen-bond acceptors (Lipinski definition) is 4. The fourth-order valence-corrected chi connectivity index (χ4v) is 3.12. The number of carbonyl (C=O) groups excluding carboxylic acids is 1. The van der Waals surface area contributed by atoms with Crippen molar-refractivity contribution in [1.29, 1.82) is 0 Å². The van der Waals surface area contributed by atoms with E-state index in [-0.39, 0.29) is 5.91 Å². The van der Waals surface area contributed by atoms with Crippen molar-refractivity contribution in [3.8, 4) is 11.5 Å². The quantitative estimate of drug-likeness (QED) is 0.818. The fraction of sp³-hybridized carbons (Fsp3) is 0.278. The molecule has 1 aliphatic heterocycles. The first-order valence-electron chi connectivity index (χ1n) is 7.74. The van der Waals surface area contributed by atoms with Crippen molar-refractivity contribution in [3.05, 3.63) is 53.1 Å². The molecule has 0 radical (unpaired) electrons.